The molecular weight excluding hydrogens is 332 g/mol. The Morgan fingerprint density at radius 3 is 3.11 bits per heavy atom. The molecule has 1 fully saturated rings. The lowest BCUT2D eigenvalue weighted by Crippen LogP contribution is -2.45. The lowest BCUT2D eigenvalue weighted by atomic mass is 10.2. The van der Waals surface area contributed by atoms with Crippen molar-refractivity contribution >= 4 is 32.8 Å². The molecule has 1 aromatic rings. The average molecular weight is 349 g/mol. The summed E-state index contributed by atoms with van der Waals surface area (Å²) in [5.74, 6) is 1.38. The van der Waals surface area contributed by atoms with Crippen LogP contribution in [0.4, 0.5) is 5.82 Å². The van der Waals surface area contributed by atoms with E-state index >= 15 is 0 Å². The molecule has 1 aliphatic heterocycles. The lowest BCUT2D eigenvalue weighted by Gasteiger charge is -2.36. The highest BCUT2D eigenvalue weighted by Crippen LogP contribution is 2.27. The average Bonchev–Trinajstić information content (AvgIpc) is 2.37. The number of aromatic nitrogens is 1. The van der Waals surface area contributed by atoms with Gasteiger partial charge in [0, 0.05) is 24.9 Å². The maximum atomic E-state index is 11.2. The normalized spacial score (nSPS) is 21.2. The minimum atomic E-state index is -1.34. The summed E-state index contributed by atoms with van der Waals surface area (Å²) in [6.07, 6.45) is 2.49. The molecule has 2 heterocycles. The Labute approximate surface area is 124 Å². The molecule has 1 saturated heterocycles. The second-order valence-electron chi connectivity index (χ2n) is 4.30. The summed E-state index contributed by atoms with van der Waals surface area (Å²) < 4.78 is 22.6. The van der Waals surface area contributed by atoms with Crippen molar-refractivity contribution in [2.24, 2.45) is 0 Å². The van der Waals surface area contributed by atoms with Crippen LogP contribution in [0.25, 0.3) is 0 Å². The fourth-order valence-electron chi connectivity index (χ4n) is 2.09. The second-order valence-corrected chi connectivity index (χ2v) is 6.08. The van der Waals surface area contributed by atoms with Crippen molar-refractivity contribution in [3.05, 3.63) is 16.7 Å². The van der Waals surface area contributed by atoms with Crippen LogP contribution in [0.15, 0.2) is 16.7 Å². The van der Waals surface area contributed by atoms with Crippen molar-refractivity contribution in [3.8, 4) is 5.75 Å². The molecule has 0 spiro atoms. The predicted octanol–water partition coefficient (Wildman–Crippen LogP) is 2.13. The fraction of sp³-hybridized carbons (Fsp3) is 0.583. The summed E-state index contributed by atoms with van der Waals surface area (Å²) in [5.41, 5.74) is 0. The van der Waals surface area contributed by atoms with Crippen molar-refractivity contribution in [1.29, 1.82) is 0 Å². The van der Waals surface area contributed by atoms with Gasteiger partial charge in [-0.1, -0.05) is 6.92 Å². The Balaban J connectivity index is 2.27. The SMILES string of the molecule is CC[C@H]1COCCN1c1cc(O[S@@](C)=O)cc(Br)n1. The molecule has 0 aromatic carbocycles. The van der Waals surface area contributed by atoms with Crippen LogP contribution in [-0.4, -0.2) is 41.2 Å². The van der Waals surface area contributed by atoms with Crippen LogP contribution >= 0.6 is 15.9 Å². The van der Waals surface area contributed by atoms with Gasteiger partial charge < -0.3 is 13.8 Å². The predicted molar refractivity (Wildman–Crippen MR) is 78.9 cm³/mol. The van der Waals surface area contributed by atoms with Crippen LogP contribution in [0.3, 0.4) is 0 Å². The second kappa shape index (κ2) is 6.67. The van der Waals surface area contributed by atoms with Gasteiger partial charge in [-0.05, 0) is 22.4 Å². The Hall–Kier alpha value is -0.660. The molecule has 106 valence electrons. The lowest BCUT2D eigenvalue weighted by molar-refractivity contribution is 0.0925. The molecular formula is C12H17BrN2O3S. The Kier molecular flexibility index (Phi) is 5.18. The number of halogens is 1. The van der Waals surface area contributed by atoms with Crippen molar-refractivity contribution < 1.29 is 13.1 Å². The number of anilines is 1. The third-order valence-corrected chi connectivity index (χ3v) is 3.79. The molecule has 1 aliphatic rings. The first kappa shape index (κ1) is 14.7. The van der Waals surface area contributed by atoms with Crippen molar-refractivity contribution in [2.75, 3.05) is 30.9 Å². The van der Waals surface area contributed by atoms with Crippen LogP contribution in [-0.2, 0) is 15.8 Å². The molecule has 0 N–H and O–H groups in total. The van der Waals surface area contributed by atoms with Crippen molar-refractivity contribution in [1.82, 2.24) is 4.98 Å². The van der Waals surface area contributed by atoms with E-state index < -0.39 is 11.1 Å². The van der Waals surface area contributed by atoms with Gasteiger partial charge in [0.1, 0.15) is 16.2 Å². The summed E-state index contributed by atoms with van der Waals surface area (Å²) in [6.45, 7) is 4.33. The van der Waals surface area contributed by atoms with E-state index in [0.717, 1.165) is 18.8 Å². The van der Waals surface area contributed by atoms with E-state index in [1.165, 1.54) is 6.26 Å². The van der Waals surface area contributed by atoms with E-state index in [1.54, 1.807) is 6.07 Å². The van der Waals surface area contributed by atoms with Gasteiger partial charge in [0.05, 0.1) is 19.3 Å². The van der Waals surface area contributed by atoms with E-state index in [0.29, 0.717) is 29.6 Å². The van der Waals surface area contributed by atoms with Gasteiger partial charge in [-0.25, -0.2) is 9.19 Å². The zero-order valence-corrected chi connectivity index (χ0v) is 13.4. The third-order valence-electron chi connectivity index (χ3n) is 2.96. The molecule has 2 atom stereocenters. The standard InChI is InChI=1S/C12H17BrN2O3S/c1-3-9-8-17-5-4-15(9)12-7-10(18-19(2)16)6-11(13)14-12/h6-7,9H,3-5,8H2,1-2H3/t9-,19-/m0/s1. The molecule has 1 aromatic heterocycles. The smallest absolute Gasteiger partial charge is 0.203 e. The van der Waals surface area contributed by atoms with Crippen LogP contribution in [0.1, 0.15) is 13.3 Å². The summed E-state index contributed by atoms with van der Waals surface area (Å²) in [5, 5.41) is 0. The molecule has 0 radical (unpaired) electrons. The van der Waals surface area contributed by atoms with E-state index in [4.69, 9.17) is 8.92 Å². The van der Waals surface area contributed by atoms with Gasteiger partial charge in [-0.15, -0.1) is 0 Å². The molecule has 0 amide bonds. The van der Waals surface area contributed by atoms with Crippen LogP contribution in [0.5, 0.6) is 5.75 Å². The highest BCUT2D eigenvalue weighted by atomic mass is 79.9. The first-order valence-electron chi connectivity index (χ1n) is 6.14. The summed E-state index contributed by atoms with van der Waals surface area (Å²) in [4.78, 5) is 6.68. The quantitative estimate of drug-likeness (QED) is 0.780. The fourth-order valence-corrected chi connectivity index (χ4v) is 2.86. The number of rotatable bonds is 4. The Morgan fingerprint density at radius 1 is 1.63 bits per heavy atom. The largest absolute Gasteiger partial charge is 0.400 e. The number of ether oxygens (including phenoxy) is 1. The number of hydrogen-bond acceptors (Lipinski definition) is 5. The third kappa shape index (κ3) is 3.90. The zero-order valence-electron chi connectivity index (χ0n) is 11.0. The van der Waals surface area contributed by atoms with Crippen molar-refractivity contribution in [2.45, 2.75) is 19.4 Å². The molecule has 2 rings (SSSR count). The number of morpholine rings is 1. The molecule has 0 aliphatic carbocycles. The molecule has 19 heavy (non-hydrogen) atoms. The first-order chi connectivity index (χ1) is 9.10. The van der Waals surface area contributed by atoms with Gasteiger partial charge in [0.15, 0.2) is 0 Å². The molecule has 0 unspecified atom stereocenters. The van der Waals surface area contributed by atoms with Crippen molar-refractivity contribution in [3.63, 3.8) is 0 Å². The monoisotopic (exact) mass is 348 g/mol. The number of nitrogens with zero attached hydrogens (tertiary/aromatic N) is 2. The Bertz CT molecular complexity index is 472. The topological polar surface area (TPSA) is 51.7 Å². The maximum absolute atomic E-state index is 11.2. The van der Waals surface area contributed by atoms with E-state index in [-0.39, 0.29) is 0 Å². The molecule has 0 saturated carbocycles. The van der Waals surface area contributed by atoms with Gasteiger partial charge >= 0.3 is 0 Å². The van der Waals surface area contributed by atoms with Gasteiger partial charge in [-0.3, -0.25) is 0 Å². The van der Waals surface area contributed by atoms with Gasteiger partial charge in [0.25, 0.3) is 0 Å². The maximum Gasteiger partial charge on any atom is 0.203 e. The number of pyridine rings is 1. The van der Waals surface area contributed by atoms with E-state index in [9.17, 15) is 4.21 Å². The van der Waals surface area contributed by atoms with Gasteiger partial charge in [0.2, 0.25) is 11.1 Å². The van der Waals surface area contributed by atoms with Crippen LogP contribution in [0.2, 0.25) is 0 Å². The highest BCUT2D eigenvalue weighted by molar-refractivity contribution is 9.10. The molecule has 7 heteroatoms. The highest BCUT2D eigenvalue weighted by Gasteiger charge is 2.23. The van der Waals surface area contributed by atoms with E-state index in [2.05, 4.69) is 32.7 Å². The minimum absolute atomic E-state index is 0.315. The summed E-state index contributed by atoms with van der Waals surface area (Å²) in [6, 6.07) is 3.85. The van der Waals surface area contributed by atoms with Gasteiger partial charge in [-0.2, -0.15) is 0 Å². The molecule has 5 nitrogen and oxygen atoms in total. The number of hydrogen-bond donors (Lipinski definition) is 0. The first-order valence-corrected chi connectivity index (χ1v) is 8.41. The zero-order chi connectivity index (χ0) is 13.8. The van der Waals surface area contributed by atoms with Crippen LogP contribution in [0, 0.1) is 0 Å². The minimum Gasteiger partial charge on any atom is -0.400 e. The molecule has 0 bridgehead atoms. The Morgan fingerprint density at radius 2 is 2.42 bits per heavy atom. The summed E-state index contributed by atoms with van der Waals surface area (Å²) >= 11 is 2.02. The van der Waals surface area contributed by atoms with E-state index in [1.807, 2.05) is 6.07 Å². The summed E-state index contributed by atoms with van der Waals surface area (Å²) in [7, 11) is 0. The van der Waals surface area contributed by atoms with Crippen LogP contribution < -0.4 is 9.08 Å².